The lowest BCUT2D eigenvalue weighted by molar-refractivity contribution is 0.481. The Morgan fingerprint density at radius 1 is 1.29 bits per heavy atom. The van der Waals surface area contributed by atoms with Crippen molar-refractivity contribution >= 4 is 15.9 Å². The van der Waals surface area contributed by atoms with Crippen molar-refractivity contribution in [2.45, 2.75) is 39.2 Å². The summed E-state index contributed by atoms with van der Waals surface area (Å²) in [5.41, 5.74) is 2.13. The molecule has 0 saturated carbocycles. The topological polar surface area (TPSA) is 25.2 Å². The van der Waals surface area contributed by atoms with Gasteiger partial charge in [0, 0.05) is 22.5 Å². The Hall–Kier alpha value is -1.13. The van der Waals surface area contributed by atoms with Crippen LogP contribution in [0.15, 0.2) is 39.4 Å². The van der Waals surface area contributed by atoms with Gasteiger partial charge in [-0.3, -0.25) is 0 Å². The van der Waals surface area contributed by atoms with E-state index in [1.807, 2.05) is 6.07 Å². The largest absolute Gasteiger partial charge is 0.469 e. The van der Waals surface area contributed by atoms with Gasteiger partial charge >= 0.3 is 0 Å². The molecule has 0 fully saturated rings. The number of nitrogens with one attached hydrogen (secondary N) is 1. The second-order valence-corrected chi connectivity index (χ2v) is 5.95. The van der Waals surface area contributed by atoms with Crippen molar-refractivity contribution < 1.29 is 8.81 Å². The summed E-state index contributed by atoms with van der Waals surface area (Å²) in [6.45, 7) is 5.14. The normalized spacial score (nSPS) is 12.6. The Labute approximate surface area is 133 Å². The molecular formula is C17H21BrFNO. The molecule has 2 aromatic rings. The molecule has 0 aliphatic rings. The predicted octanol–water partition coefficient (Wildman–Crippen LogP) is 5.03. The highest BCUT2D eigenvalue weighted by molar-refractivity contribution is 9.10. The molecule has 0 bridgehead atoms. The number of hydrogen-bond donors (Lipinski definition) is 1. The van der Waals surface area contributed by atoms with E-state index in [1.165, 1.54) is 11.6 Å². The molecular weight excluding hydrogens is 333 g/mol. The first kappa shape index (κ1) is 16.2. The molecule has 21 heavy (non-hydrogen) atoms. The second-order valence-electron chi connectivity index (χ2n) is 5.10. The molecule has 1 heterocycles. The third-order valence-electron chi connectivity index (χ3n) is 3.55. The van der Waals surface area contributed by atoms with Crippen LogP contribution in [0.2, 0.25) is 0 Å². The maximum Gasteiger partial charge on any atom is 0.123 e. The third kappa shape index (κ3) is 4.17. The number of furan rings is 1. The van der Waals surface area contributed by atoms with Gasteiger partial charge in [-0.1, -0.05) is 29.8 Å². The number of halogens is 2. The molecule has 1 aromatic carbocycles. The van der Waals surface area contributed by atoms with Crippen LogP contribution in [0.3, 0.4) is 0 Å². The zero-order chi connectivity index (χ0) is 15.2. The molecule has 0 aliphatic heterocycles. The van der Waals surface area contributed by atoms with Gasteiger partial charge in [0.1, 0.15) is 11.6 Å². The molecule has 1 N–H and O–H groups in total. The molecule has 1 aromatic heterocycles. The predicted molar refractivity (Wildman–Crippen MR) is 86.9 cm³/mol. The van der Waals surface area contributed by atoms with Crippen molar-refractivity contribution in [3.63, 3.8) is 0 Å². The van der Waals surface area contributed by atoms with Gasteiger partial charge < -0.3 is 9.73 Å². The van der Waals surface area contributed by atoms with Gasteiger partial charge in [0.15, 0.2) is 0 Å². The lowest BCUT2D eigenvalue weighted by Gasteiger charge is -2.19. The minimum Gasteiger partial charge on any atom is -0.469 e. The fourth-order valence-corrected chi connectivity index (χ4v) is 2.89. The van der Waals surface area contributed by atoms with Crippen LogP contribution in [-0.4, -0.2) is 6.54 Å². The molecule has 2 nitrogen and oxygen atoms in total. The van der Waals surface area contributed by atoms with E-state index in [9.17, 15) is 4.39 Å². The van der Waals surface area contributed by atoms with Crippen molar-refractivity contribution in [2.24, 2.45) is 0 Å². The van der Waals surface area contributed by atoms with E-state index in [0.717, 1.165) is 41.6 Å². The van der Waals surface area contributed by atoms with Crippen molar-refractivity contribution in [3.8, 4) is 0 Å². The van der Waals surface area contributed by atoms with Crippen LogP contribution in [0.25, 0.3) is 0 Å². The highest BCUT2D eigenvalue weighted by Gasteiger charge is 2.18. The fourth-order valence-electron chi connectivity index (χ4n) is 2.48. The summed E-state index contributed by atoms with van der Waals surface area (Å²) in [6, 6.07) is 6.97. The Kier molecular flexibility index (Phi) is 6.00. The molecule has 114 valence electrons. The van der Waals surface area contributed by atoms with E-state index >= 15 is 0 Å². The SMILES string of the molecule is CCCNC(Cc1cc(F)ccc1Br)c1ccoc1CC. The Morgan fingerprint density at radius 2 is 2.10 bits per heavy atom. The minimum atomic E-state index is -0.203. The van der Waals surface area contributed by atoms with Gasteiger partial charge in [0.05, 0.1) is 6.26 Å². The van der Waals surface area contributed by atoms with E-state index in [-0.39, 0.29) is 11.9 Å². The minimum absolute atomic E-state index is 0.136. The average Bonchev–Trinajstić information content (AvgIpc) is 2.95. The highest BCUT2D eigenvalue weighted by Crippen LogP contribution is 2.27. The van der Waals surface area contributed by atoms with Crippen LogP contribution in [-0.2, 0) is 12.8 Å². The summed E-state index contributed by atoms with van der Waals surface area (Å²) in [4.78, 5) is 0. The van der Waals surface area contributed by atoms with Crippen LogP contribution in [0.1, 0.15) is 43.2 Å². The molecule has 0 spiro atoms. The first-order valence-electron chi connectivity index (χ1n) is 7.39. The zero-order valence-corrected chi connectivity index (χ0v) is 14.0. The molecule has 0 aliphatic carbocycles. The summed E-state index contributed by atoms with van der Waals surface area (Å²) in [5.74, 6) is 0.793. The van der Waals surface area contributed by atoms with Crippen molar-refractivity contribution in [2.75, 3.05) is 6.54 Å². The molecule has 0 radical (unpaired) electrons. The van der Waals surface area contributed by atoms with E-state index in [4.69, 9.17) is 4.42 Å². The van der Waals surface area contributed by atoms with Gasteiger partial charge in [-0.15, -0.1) is 0 Å². The average molecular weight is 354 g/mol. The van der Waals surface area contributed by atoms with Crippen molar-refractivity contribution in [1.29, 1.82) is 0 Å². The monoisotopic (exact) mass is 353 g/mol. The summed E-state index contributed by atoms with van der Waals surface area (Å²) in [6.07, 6.45) is 4.37. The maximum absolute atomic E-state index is 13.5. The van der Waals surface area contributed by atoms with Crippen LogP contribution < -0.4 is 5.32 Å². The van der Waals surface area contributed by atoms with E-state index in [0.29, 0.717) is 0 Å². The molecule has 0 saturated heterocycles. The maximum atomic E-state index is 13.5. The zero-order valence-electron chi connectivity index (χ0n) is 12.5. The lowest BCUT2D eigenvalue weighted by Crippen LogP contribution is -2.24. The Balaban J connectivity index is 2.26. The Bertz CT molecular complexity index is 582. The summed E-state index contributed by atoms with van der Waals surface area (Å²) in [7, 11) is 0. The smallest absolute Gasteiger partial charge is 0.123 e. The van der Waals surface area contributed by atoms with E-state index in [1.54, 1.807) is 18.4 Å². The van der Waals surface area contributed by atoms with Crippen molar-refractivity contribution in [3.05, 3.63) is 57.7 Å². The first-order valence-corrected chi connectivity index (χ1v) is 8.18. The third-order valence-corrected chi connectivity index (χ3v) is 4.32. The number of hydrogen-bond acceptors (Lipinski definition) is 2. The summed E-state index contributed by atoms with van der Waals surface area (Å²) >= 11 is 3.51. The molecule has 0 amide bonds. The number of rotatable bonds is 7. The highest BCUT2D eigenvalue weighted by atomic mass is 79.9. The van der Waals surface area contributed by atoms with Crippen LogP contribution in [0, 0.1) is 5.82 Å². The molecule has 1 unspecified atom stereocenters. The van der Waals surface area contributed by atoms with Crippen LogP contribution in [0.5, 0.6) is 0 Å². The van der Waals surface area contributed by atoms with Gasteiger partial charge in [0.2, 0.25) is 0 Å². The van der Waals surface area contributed by atoms with E-state index in [2.05, 4.69) is 35.1 Å². The standard InChI is InChI=1S/C17H21BrFNO/c1-3-8-20-16(14-7-9-21-17(14)4-2)11-12-10-13(19)5-6-15(12)18/h5-7,9-10,16,20H,3-4,8,11H2,1-2H3. The second kappa shape index (κ2) is 7.76. The first-order chi connectivity index (χ1) is 10.2. The quantitative estimate of drug-likeness (QED) is 0.755. The molecule has 4 heteroatoms. The van der Waals surface area contributed by atoms with Crippen molar-refractivity contribution in [1.82, 2.24) is 5.32 Å². The number of aryl methyl sites for hydroxylation is 1. The summed E-state index contributed by atoms with van der Waals surface area (Å²) in [5, 5.41) is 3.54. The van der Waals surface area contributed by atoms with Crippen LogP contribution >= 0.6 is 15.9 Å². The van der Waals surface area contributed by atoms with Gasteiger partial charge in [-0.25, -0.2) is 4.39 Å². The molecule has 2 rings (SSSR count). The van der Waals surface area contributed by atoms with Gasteiger partial charge in [0.25, 0.3) is 0 Å². The molecule has 1 atom stereocenters. The lowest BCUT2D eigenvalue weighted by atomic mass is 9.98. The number of benzene rings is 1. The fraction of sp³-hybridized carbons (Fsp3) is 0.412. The Morgan fingerprint density at radius 3 is 2.81 bits per heavy atom. The van der Waals surface area contributed by atoms with Gasteiger partial charge in [-0.2, -0.15) is 0 Å². The van der Waals surface area contributed by atoms with Gasteiger partial charge in [-0.05, 0) is 49.2 Å². The van der Waals surface area contributed by atoms with E-state index < -0.39 is 0 Å². The summed E-state index contributed by atoms with van der Waals surface area (Å²) < 4.78 is 20.0. The van der Waals surface area contributed by atoms with Crippen LogP contribution in [0.4, 0.5) is 4.39 Å².